The number of nitro benzene ring substituents is 1. The van der Waals surface area contributed by atoms with E-state index in [9.17, 15) is 10.1 Å². The molecule has 7 heteroatoms. The van der Waals surface area contributed by atoms with Gasteiger partial charge in [0.15, 0.2) is 0 Å². The first-order valence-corrected chi connectivity index (χ1v) is 25.7. The molecule has 0 saturated heterocycles. The van der Waals surface area contributed by atoms with Crippen LogP contribution in [0.2, 0.25) is 0 Å². The summed E-state index contributed by atoms with van der Waals surface area (Å²) in [6.07, 6.45) is 1.01. The van der Waals surface area contributed by atoms with Crippen molar-refractivity contribution in [1.82, 2.24) is 0 Å². The van der Waals surface area contributed by atoms with Gasteiger partial charge in [-0.3, -0.25) is 10.1 Å². The Morgan fingerprint density at radius 1 is 0.353 bits per heavy atom. The quantitative estimate of drug-likeness (QED) is 0.0984. The molecule has 0 bridgehead atoms. The topological polar surface area (TPSA) is 43.1 Å². The van der Waals surface area contributed by atoms with E-state index in [0.717, 1.165) is 21.2 Å². The van der Waals surface area contributed by atoms with Crippen molar-refractivity contribution in [3.05, 3.63) is 218 Å². The molecule has 0 amide bonds. The van der Waals surface area contributed by atoms with Gasteiger partial charge in [-0.15, -0.1) is 22.7 Å². The van der Waals surface area contributed by atoms with Crippen LogP contribution >= 0.6 is 54.5 Å². The van der Waals surface area contributed by atoms with Gasteiger partial charge in [-0.1, -0.05) is 147 Å². The minimum Gasteiger partial charge on any atom is -0.258 e. The molecular weight excluding hydrogens is 1000 g/mol. The van der Waals surface area contributed by atoms with Crippen molar-refractivity contribution in [2.24, 2.45) is 0 Å². The molecule has 0 fully saturated rings. The molecule has 0 unspecified atom stereocenters. The average Bonchev–Trinajstić information content (AvgIpc) is 4.04. The summed E-state index contributed by atoms with van der Waals surface area (Å²) in [6, 6.07) is 67.4. The summed E-state index contributed by atoms with van der Waals surface area (Å²) in [5, 5.41) is 32.4. The molecule has 2 aromatic heterocycles. The predicted molar refractivity (Wildman–Crippen MR) is 299 cm³/mol. The van der Waals surface area contributed by atoms with E-state index in [0.29, 0.717) is 10.0 Å². The molecule has 14 aromatic rings. The average molecular weight is 1040 g/mol. The minimum atomic E-state index is -0.321. The van der Waals surface area contributed by atoms with Gasteiger partial charge in [-0.25, -0.2) is 0 Å². The lowest BCUT2D eigenvalue weighted by atomic mass is 9.93. The Hall–Kier alpha value is -7.00. The van der Waals surface area contributed by atoms with Crippen LogP contribution in [0.15, 0.2) is 197 Å². The van der Waals surface area contributed by atoms with E-state index in [1.54, 1.807) is 17.4 Å². The van der Waals surface area contributed by atoms with Crippen molar-refractivity contribution in [2.75, 3.05) is 0 Å². The van der Waals surface area contributed by atoms with Crippen molar-refractivity contribution in [1.29, 1.82) is 0 Å². The number of nitro groups is 1. The molecule has 0 saturated carbocycles. The monoisotopic (exact) mass is 1030 g/mol. The molecular formula is C61H33Br2NO2S2. The highest BCUT2D eigenvalue weighted by Gasteiger charge is 2.22. The first-order chi connectivity index (χ1) is 33.3. The lowest BCUT2D eigenvalue weighted by molar-refractivity contribution is -0.384. The fourth-order valence-corrected chi connectivity index (χ4v) is 14.2. The number of hydrogen-bond donors (Lipinski definition) is 0. The van der Waals surface area contributed by atoms with Gasteiger partial charge >= 0.3 is 0 Å². The van der Waals surface area contributed by atoms with Gasteiger partial charge in [0.2, 0.25) is 0 Å². The molecule has 2 heterocycles. The summed E-state index contributed by atoms with van der Waals surface area (Å²) >= 11 is 10.7. The Morgan fingerprint density at radius 2 is 0.765 bits per heavy atom. The maximum atomic E-state index is 11.7. The van der Waals surface area contributed by atoms with Crippen molar-refractivity contribution in [3.8, 4) is 22.3 Å². The smallest absolute Gasteiger partial charge is 0.258 e. The van der Waals surface area contributed by atoms with Gasteiger partial charge in [0.25, 0.3) is 5.69 Å². The lowest BCUT2D eigenvalue weighted by Crippen LogP contribution is -1.91. The van der Waals surface area contributed by atoms with E-state index in [1.807, 2.05) is 29.5 Å². The summed E-state index contributed by atoms with van der Waals surface area (Å²) in [5.41, 5.74) is 7.22. The Bertz CT molecular complexity index is 4550. The highest BCUT2D eigenvalue weighted by atomic mass is 79.9. The van der Waals surface area contributed by atoms with Crippen LogP contribution < -0.4 is 0 Å². The second kappa shape index (κ2) is 15.3. The maximum Gasteiger partial charge on any atom is 0.278 e. The molecule has 0 spiro atoms. The third-order valence-electron chi connectivity index (χ3n) is 14.1. The number of hydrogen-bond acceptors (Lipinski definition) is 4. The number of thiophene rings is 2. The van der Waals surface area contributed by atoms with Crippen LogP contribution in [-0.2, 0) is 6.42 Å². The molecule has 12 aromatic carbocycles. The third-order valence-corrected chi connectivity index (χ3v) is 17.3. The number of benzene rings is 12. The predicted octanol–water partition coefficient (Wildman–Crippen LogP) is 19.7. The molecule has 0 aliphatic heterocycles. The maximum absolute atomic E-state index is 11.7. The van der Waals surface area contributed by atoms with Crippen LogP contribution in [0, 0.1) is 10.1 Å². The summed E-state index contributed by atoms with van der Waals surface area (Å²) < 4.78 is 6.95. The zero-order valence-corrected chi connectivity index (χ0v) is 40.7. The molecule has 1 aliphatic carbocycles. The summed E-state index contributed by atoms with van der Waals surface area (Å²) in [7, 11) is 0. The van der Waals surface area contributed by atoms with E-state index in [1.165, 1.54) is 123 Å². The standard InChI is InChI=1S/C31H17BrS.C30H16BrNO2S/c32-19-9-10-20-17(12-19)11-18-13-28-29-14-26-23-7-3-1-5-21(23)22-6-2-4-8-24(22)27(26)16-31(29)33-30(28)15-25(18)20;31-18-10-12-19(28(14-18)32(33)34)17-9-11-24-27-15-25-22-7-3-1-5-20(22)21-6-2-4-8-23(21)26(25)16-30(27)35-29(24)13-17/h1-10,12-16H,11H2;1-16H. The van der Waals surface area contributed by atoms with Gasteiger partial charge in [0, 0.05) is 55.4 Å². The number of rotatable bonds is 2. The molecule has 1 aliphatic rings. The van der Waals surface area contributed by atoms with Crippen molar-refractivity contribution in [3.63, 3.8) is 0 Å². The molecule has 15 rings (SSSR count). The van der Waals surface area contributed by atoms with Gasteiger partial charge in [-0.05, 0) is 166 Å². The van der Waals surface area contributed by atoms with Crippen molar-refractivity contribution in [2.45, 2.75) is 6.42 Å². The number of nitrogens with zero attached hydrogens (tertiary/aromatic N) is 1. The van der Waals surface area contributed by atoms with Crippen LogP contribution in [-0.4, -0.2) is 4.92 Å². The second-order valence-electron chi connectivity index (χ2n) is 17.8. The number of fused-ring (bicyclic) bond motifs is 21. The van der Waals surface area contributed by atoms with Gasteiger partial charge in [0.05, 0.1) is 10.5 Å². The summed E-state index contributed by atoms with van der Waals surface area (Å²) in [5.74, 6) is 0. The number of halogens is 2. The lowest BCUT2D eigenvalue weighted by Gasteiger charge is -2.10. The van der Waals surface area contributed by atoms with Gasteiger partial charge in [0.1, 0.15) is 0 Å². The second-order valence-corrected chi connectivity index (χ2v) is 21.8. The Labute approximate surface area is 413 Å². The molecule has 0 N–H and O–H groups in total. The Kier molecular flexibility index (Phi) is 9.00. The SMILES string of the molecule is Brc1ccc2c(c1)Cc1cc3c(cc1-2)sc1cc2c4ccccc4c4ccccc4c2cc13.O=[N+]([O-])c1cc(Br)ccc1-c1ccc2c(c1)sc1cc3c4ccccc4c4ccccc4c3cc12. The molecule has 68 heavy (non-hydrogen) atoms. The van der Waals surface area contributed by atoms with Crippen molar-refractivity contribution >= 4 is 165 Å². The molecule has 0 radical (unpaired) electrons. The zero-order valence-electron chi connectivity index (χ0n) is 35.9. The van der Waals surface area contributed by atoms with E-state index < -0.39 is 0 Å². The molecule has 320 valence electrons. The van der Waals surface area contributed by atoms with Crippen LogP contribution in [0.25, 0.3) is 127 Å². The van der Waals surface area contributed by atoms with Crippen LogP contribution in [0.4, 0.5) is 5.69 Å². The van der Waals surface area contributed by atoms with Gasteiger partial charge < -0.3 is 0 Å². The minimum absolute atomic E-state index is 0.100. The molecule has 3 nitrogen and oxygen atoms in total. The van der Waals surface area contributed by atoms with E-state index in [2.05, 4.69) is 196 Å². The zero-order chi connectivity index (χ0) is 45.4. The van der Waals surface area contributed by atoms with Crippen LogP contribution in [0.1, 0.15) is 11.1 Å². The fraction of sp³-hybridized carbons (Fsp3) is 0.0164. The highest BCUT2D eigenvalue weighted by molar-refractivity contribution is 9.10. The third kappa shape index (κ3) is 6.13. The van der Waals surface area contributed by atoms with E-state index in [4.69, 9.17) is 0 Å². The van der Waals surface area contributed by atoms with Crippen molar-refractivity contribution < 1.29 is 4.92 Å². The van der Waals surface area contributed by atoms with E-state index >= 15 is 0 Å². The van der Waals surface area contributed by atoms with Gasteiger partial charge in [-0.2, -0.15) is 0 Å². The van der Waals surface area contributed by atoms with E-state index in [-0.39, 0.29) is 10.6 Å². The highest BCUT2D eigenvalue weighted by Crippen LogP contribution is 2.47. The molecule has 0 atom stereocenters. The van der Waals surface area contributed by atoms with Crippen LogP contribution in [0.3, 0.4) is 0 Å². The largest absolute Gasteiger partial charge is 0.278 e. The van der Waals surface area contributed by atoms with Crippen LogP contribution in [0.5, 0.6) is 0 Å². The summed E-state index contributed by atoms with van der Waals surface area (Å²) in [4.78, 5) is 11.4. The Balaban J connectivity index is 0.000000129. The normalized spacial score (nSPS) is 12.3. The first-order valence-electron chi connectivity index (χ1n) is 22.5. The fourth-order valence-electron chi connectivity index (χ4n) is 11.1. The Morgan fingerprint density at radius 3 is 1.29 bits per heavy atom. The summed E-state index contributed by atoms with van der Waals surface area (Å²) in [6.45, 7) is 0. The first kappa shape index (κ1) is 40.1.